The van der Waals surface area contributed by atoms with Crippen LogP contribution in [-0.2, 0) is 14.3 Å². The summed E-state index contributed by atoms with van der Waals surface area (Å²) >= 11 is 0. The minimum atomic E-state index is -0.567. The van der Waals surface area contributed by atoms with Crippen LogP contribution in [0, 0.1) is 23.7 Å². The maximum atomic E-state index is 12.5. The maximum Gasteiger partial charge on any atom is 0.411 e. The molecule has 2 fully saturated rings. The number of methoxy groups -OCH3 is 1. The Morgan fingerprint density at radius 2 is 1.77 bits per heavy atom. The van der Waals surface area contributed by atoms with E-state index in [0.29, 0.717) is 24.3 Å². The van der Waals surface area contributed by atoms with Crippen LogP contribution in [0.1, 0.15) is 33.6 Å². The first-order valence-electron chi connectivity index (χ1n) is 8.07. The summed E-state index contributed by atoms with van der Waals surface area (Å²) in [6.07, 6.45) is 6.33. The molecule has 1 aliphatic heterocycles. The first kappa shape index (κ1) is 15.4. The van der Waals surface area contributed by atoms with Crippen LogP contribution in [0.4, 0.5) is 4.79 Å². The second-order valence-electron chi connectivity index (χ2n) is 7.63. The molecule has 5 heteroatoms. The summed E-state index contributed by atoms with van der Waals surface area (Å²) in [5.41, 5.74) is -0.567. The number of hydrogen-bond donors (Lipinski definition) is 0. The van der Waals surface area contributed by atoms with E-state index in [0.717, 1.165) is 12.8 Å². The molecule has 1 saturated carbocycles. The van der Waals surface area contributed by atoms with Crippen molar-refractivity contribution in [3.63, 3.8) is 0 Å². The SMILES string of the molecule is COC(=O)[C@@H]1[C@@H]2[C@H](CN1C(=O)OC(C)(C)C)[C@@H]1C=C[C@H]2CC1. The minimum Gasteiger partial charge on any atom is -0.467 e. The van der Waals surface area contributed by atoms with E-state index in [4.69, 9.17) is 9.47 Å². The van der Waals surface area contributed by atoms with E-state index < -0.39 is 17.7 Å². The molecule has 22 heavy (non-hydrogen) atoms. The van der Waals surface area contributed by atoms with Crippen molar-refractivity contribution in [2.24, 2.45) is 23.7 Å². The number of esters is 1. The number of fused-ring (bicyclic) bond motifs is 1. The fraction of sp³-hybridized carbons (Fsp3) is 0.765. The predicted molar refractivity (Wildman–Crippen MR) is 81.1 cm³/mol. The Labute approximate surface area is 131 Å². The quantitative estimate of drug-likeness (QED) is 0.552. The number of rotatable bonds is 1. The first-order chi connectivity index (χ1) is 10.3. The Balaban J connectivity index is 1.87. The zero-order valence-corrected chi connectivity index (χ0v) is 13.7. The highest BCUT2D eigenvalue weighted by Crippen LogP contribution is 2.51. The van der Waals surface area contributed by atoms with Crippen molar-refractivity contribution in [3.05, 3.63) is 12.2 Å². The van der Waals surface area contributed by atoms with Crippen LogP contribution >= 0.6 is 0 Å². The average Bonchev–Trinajstić information content (AvgIpc) is 2.88. The van der Waals surface area contributed by atoms with Crippen LogP contribution in [0.3, 0.4) is 0 Å². The van der Waals surface area contributed by atoms with Crippen LogP contribution < -0.4 is 0 Å². The molecule has 122 valence electrons. The molecule has 0 aromatic rings. The Morgan fingerprint density at radius 1 is 1.14 bits per heavy atom. The summed E-state index contributed by atoms with van der Waals surface area (Å²) in [4.78, 5) is 26.5. The summed E-state index contributed by atoms with van der Waals surface area (Å²) in [7, 11) is 1.39. The summed E-state index contributed by atoms with van der Waals surface area (Å²) < 4.78 is 10.5. The summed E-state index contributed by atoms with van der Waals surface area (Å²) in [5, 5.41) is 0. The molecule has 2 bridgehead atoms. The zero-order chi connectivity index (χ0) is 16.1. The molecule has 0 aromatic carbocycles. The molecule has 5 nitrogen and oxygen atoms in total. The summed E-state index contributed by atoms with van der Waals surface area (Å²) in [5.74, 6) is 1.03. The largest absolute Gasteiger partial charge is 0.467 e. The highest BCUT2D eigenvalue weighted by molar-refractivity contribution is 5.83. The summed E-state index contributed by atoms with van der Waals surface area (Å²) in [6, 6.07) is -0.511. The molecule has 0 spiro atoms. The number of amides is 1. The predicted octanol–water partition coefficient (Wildman–Crippen LogP) is 2.61. The lowest BCUT2D eigenvalue weighted by atomic mass is 9.62. The molecular weight excluding hydrogens is 282 g/mol. The van der Waals surface area contributed by atoms with Gasteiger partial charge in [-0.1, -0.05) is 12.2 Å². The molecule has 3 aliphatic carbocycles. The third kappa shape index (κ3) is 2.50. The molecule has 0 radical (unpaired) electrons. The van der Waals surface area contributed by atoms with Crippen LogP contribution in [0.5, 0.6) is 0 Å². The van der Waals surface area contributed by atoms with Gasteiger partial charge in [-0.25, -0.2) is 9.59 Å². The molecule has 5 atom stereocenters. The van der Waals surface area contributed by atoms with E-state index in [-0.39, 0.29) is 11.9 Å². The lowest BCUT2D eigenvalue weighted by molar-refractivity contribution is -0.148. The molecular formula is C17H25NO4. The van der Waals surface area contributed by atoms with E-state index in [1.165, 1.54) is 7.11 Å². The highest BCUT2D eigenvalue weighted by atomic mass is 16.6. The van der Waals surface area contributed by atoms with Gasteiger partial charge in [-0.05, 0) is 51.4 Å². The van der Waals surface area contributed by atoms with E-state index in [1.54, 1.807) is 4.90 Å². The lowest BCUT2D eigenvalue weighted by Gasteiger charge is -2.42. The van der Waals surface area contributed by atoms with Gasteiger partial charge in [-0.2, -0.15) is 0 Å². The van der Waals surface area contributed by atoms with Gasteiger partial charge in [-0.3, -0.25) is 4.90 Å². The monoisotopic (exact) mass is 307 g/mol. The van der Waals surface area contributed by atoms with Crippen molar-refractivity contribution >= 4 is 12.1 Å². The molecule has 4 aliphatic rings. The fourth-order valence-corrected chi connectivity index (χ4v) is 4.33. The van der Waals surface area contributed by atoms with Crippen LogP contribution in [-0.4, -0.2) is 42.3 Å². The van der Waals surface area contributed by atoms with Crippen molar-refractivity contribution < 1.29 is 19.1 Å². The Hall–Kier alpha value is -1.52. The molecule has 1 heterocycles. The number of hydrogen-bond acceptors (Lipinski definition) is 4. The van der Waals surface area contributed by atoms with Gasteiger partial charge in [0.1, 0.15) is 11.6 Å². The molecule has 0 aromatic heterocycles. The second kappa shape index (κ2) is 5.28. The number of allylic oxidation sites excluding steroid dienone is 2. The van der Waals surface area contributed by atoms with Gasteiger partial charge in [-0.15, -0.1) is 0 Å². The number of likely N-dealkylation sites (tertiary alicyclic amines) is 1. The minimum absolute atomic E-state index is 0.170. The van der Waals surface area contributed by atoms with Gasteiger partial charge in [0.2, 0.25) is 0 Å². The highest BCUT2D eigenvalue weighted by Gasteiger charge is 2.56. The third-order valence-corrected chi connectivity index (χ3v) is 5.16. The molecule has 1 amide bonds. The lowest BCUT2D eigenvalue weighted by Crippen LogP contribution is -2.48. The van der Waals surface area contributed by atoms with E-state index in [2.05, 4.69) is 12.2 Å². The van der Waals surface area contributed by atoms with Gasteiger partial charge in [0.15, 0.2) is 0 Å². The van der Waals surface area contributed by atoms with Crippen LogP contribution in [0.15, 0.2) is 12.2 Å². The van der Waals surface area contributed by atoms with Crippen molar-refractivity contribution in [2.45, 2.75) is 45.3 Å². The molecule has 0 N–H and O–H groups in total. The maximum absolute atomic E-state index is 12.5. The molecule has 0 unspecified atom stereocenters. The van der Waals surface area contributed by atoms with Gasteiger partial charge in [0, 0.05) is 12.5 Å². The van der Waals surface area contributed by atoms with Crippen molar-refractivity contribution in [1.82, 2.24) is 4.90 Å². The van der Waals surface area contributed by atoms with E-state index in [1.807, 2.05) is 20.8 Å². The summed E-state index contributed by atoms with van der Waals surface area (Å²) in [6.45, 7) is 6.11. The fourth-order valence-electron chi connectivity index (χ4n) is 4.33. The number of carbonyl (C=O) groups is 2. The number of carbonyl (C=O) groups excluding carboxylic acids is 2. The molecule has 4 rings (SSSR count). The Kier molecular flexibility index (Phi) is 3.69. The van der Waals surface area contributed by atoms with Gasteiger partial charge >= 0.3 is 12.1 Å². The van der Waals surface area contributed by atoms with Gasteiger partial charge in [0.25, 0.3) is 0 Å². The first-order valence-corrected chi connectivity index (χ1v) is 8.07. The van der Waals surface area contributed by atoms with E-state index >= 15 is 0 Å². The van der Waals surface area contributed by atoms with Crippen LogP contribution in [0.25, 0.3) is 0 Å². The third-order valence-electron chi connectivity index (χ3n) is 5.16. The average molecular weight is 307 g/mol. The number of nitrogens with zero attached hydrogens (tertiary/aromatic N) is 1. The normalized spacial score (nSPS) is 36.2. The van der Waals surface area contributed by atoms with Crippen molar-refractivity contribution in [3.8, 4) is 0 Å². The second-order valence-corrected chi connectivity index (χ2v) is 7.63. The van der Waals surface area contributed by atoms with Crippen molar-refractivity contribution in [2.75, 3.05) is 13.7 Å². The topological polar surface area (TPSA) is 55.8 Å². The molecule has 1 saturated heterocycles. The van der Waals surface area contributed by atoms with Gasteiger partial charge < -0.3 is 9.47 Å². The standard InChI is InChI=1S/C17H25NO4/c1-17(2,3)22-16(20)18-9-12-10-5-7-11(8-6-10)13(12)14(18)15(19)21-4/h5,7,10-14H,6,8-9H2,1-4H3/t10-,11+,12-,13+,14+/m1/s1. The number of ether oxygens (including phenoxy) is 2. The Morgan fingerprint density at radius 3 is 2.32 bits per heavy atom. The smallest absolute Gasteiger partial charge is 0.411 e. The zero-order valence-electron chi connectivity index (χ0n) is 13.7. The van der Waals surface area contributed by atoms with Gasteiger partial charge in [0.05, 0.1) is 7.11 Å². The van der Waals surface area contributed by atoms with E-state index in [9.17, 15) is 9.59 Å². The van der Waals surface area contributed by atoms with Crippen molar-refractivity contribution in [1.29, 1.82) is 0 Å². The van der Waals surface area contributed by atoms with Crippen LogP contribution in [0.2, 0.25) is 0 Å². The Bertz CT molecular complexity index is 507.